The number of nitrogens with one attached hydrogen (secondary N) is 2. The number of aromatic nitrogens is 1. The van der Waals surface area contributed by atoms with Crippen LogP contribution >= 0.6 is 11.3 Å². The van der Waals surface area contributed by atoms with Crippen molar-refractivity contribution in [1.29, 1.82) is 0 Å². The Balaban J connectivity index is 1.64. The maximum Gasteiger partial charge on any atom is 0.267 e. The van der Waals surface area contributed by atoms with Gasteiger partial charge in [-0.15, -0.1) is 11.3 Å². The molecule has 1 aliphatic heterocycles. The SMILES string of the molecule is Cc1cc(NC(=O)c2cc(S(=O)(=O)NC[C@H]3CCCO3)cs2)no1. The van der Waals surface area contributed by atoms with E-state index in [9.17, 15) is 13.2 Å². The lowest BCUT2D eigenvalue weighted by Crippen LogP contribution is -2.31. The molecule has 0 spiro atoms. The summed E-state index contributed by atoms with van der Waals surface area (Å²) >= 11 is 1.05. The Kier molecular flexibility index (Phi) is 4.99. The van der Waals surface area contributed by atoms with Crippen molar-refractivity contribution >= 4 is 33.1 Å². The van der Waals surface area contributed by atoms with E-state index in [-0.39, 0.29) is 28.2 Å². The Morgan fingerprint density at radius 1 is 1.46 bits per heavy atom. The van der Waals surface area contributed by atoms with Crippen molar-refractivity contribution < 1.29 is 22.5 Å². The van der Waals surface area contributed by atoms with Crippen molar-refractivity contribution in [2.45, 2.75) is 30.8 Å². The molecule has 3 rings (SSSR count). The van der Waals surface area contributed by atoms with Gasteiger partial charge in [0.05, 0.1) is 15.9 Å². The first kappa shape index (κ1) is 17.1. The largest absolute Gasteiger partial charge is 0.377 e. The number of ether oxygens (including phenoxy) is 1. The van der Waals surface area contributed by atoms with Gasteiger partial charge in [-0.1, -0.05) is 5.16 Å². The first-order chi connectivity index (χ1) is 11.4. The molecule has 1 amide bonds. The minimum atomic E-state index is -3.66. The molecule has 24 heavy (non-hydrogen) atoms. The summed E-state index contributed by atoms with van der Waals surface area (Å²) in [5.74, 6) is 0.416. The lowest BCUT2D eigenvalue weighted by Gasteiger charge is -2.10. The molecule has 3 heterocycles. The van der Waals surface area contributed by atoms with Gasteiger partial charge in [-0.3, -0.25) is 4.79 Å². The molecule has 0 aliphatic carbocycles. The average molecular weight is 371 g/mol. The molecule has 0 aromatic carbocycles. The van der Waals surface area contributed by atoms with E-state index < -0.39 is 15.9 Å². The van der Waals surface area contributed by atoms with Gasteiger partial charge in [0.2, 0.25) is 10.0 Å². The van der Waals surface area contributed by atoms with Gasteiger partial charge in [0, 0.05) is 24.6 Å². The lowest BCUT2D eigenvalue weighted by atomic mass is 10.2. The van der Waals surface area contributed by atoms with Crippen molar-refractivity contribution in [3.05, 3.63) is 28.2 Å². The zero-order valence-corrected chi connectivity index (χ0v) is 14.6. The zero-order valence-electron chi connectivity index (χ0n) is 12.9. The Labute approximate surface area is 143 Å². The number of hydrogen-bond donors (Lipinski definition) is 2. The molecule has 0 unspecified atom stereocenters. The van der Waals surface area contributed by atoms with Crippen LogP contribution in [0.3, 0.4) is 0 Å². The molecule has 0 radical (unpaired) electrons. The van der Waals surface area contributed by atoms with Crippen LogP contribution in [0.2, 0.25) is 0 Å². The second kappa shape index (κ2) is 7.01. The van der Waals surface area contributed by atoms with Crippen LogP contribution in [-0.4, -0.2) is 38.7 Å². The average Bonchev–Trinajstić information content (AvgIpc) is 3.27. The molecule has 8 nitrogen and oxygen atoms in total. The van der Waals surface area contributed by atoms with Crippen molar-refractivity contribution in [3.63, 3.8) is 0 Å². The number of anilines is 1. The molecule has 1 atom stereocenters. The monoisotopic (exact) mass is 371 g/mol. The summed E-state index contributed by atoms with van der Waals surface area (Å²) in [7, 11) is -3.66. The molecule has 1 fully saturated rings. The fraction of sp³-hybridized carbons (Fsp3) is 0.429. The number of aryl methyl sites for hydroxylation is 1. The number of nitrogens with zero attached hydrogens (tertiary/aromatic N) is 1. The van der Waals surface area contributed by atoms with E-state index in [1.165, 1.54) is 11.4 Å². The van der Waals surface area contributed by atoms with Crippen LogP contribution in [0, 0.1) is 6.92 Å². The number of rotatable bonds is 6. The summed E-state index contributed by atoms with van der Waals surface area (Å²) < 4.78 is 37.3. The van der Waals surface area contributed by atoms with Crippen LogP contribution in [0.4, 0.5) is 5.82 Å². The van der Waals surface area contributed by atoms with Crippen molar-refractivity contribution in [2.24, 2.45) is 0 Å². The topological polar surface area (TPSA) is 111 Å². The normalized spacial score (nSPS) is 18.0. The van der Waals surface area contributed by atoms with E-state index in [4.69, 9.17) is 9.26 Å². The third-order valence-corrected chi connectivity index (χ3v) is 5.99. The van der Waals surface area contributed by atoms with E-state index in [0.29, 0.717) is 12.4 Å². The fourth-order valence-electron chi connectivity index (χ4n) is 2.27. The Morgan fingerprint density at radius 3 is 2.96 bits per heavy atom. The van der Waals surface area contributed by atoms with Gasteiger partial charge in [0.1, 0.15) is 5.76 Å². The van der Waals surface area contributed by atoms with Gasteiger partial charge < -0.3 is 14.6 Å². The third kappa shape index (κ3) is 4.01. The lowest BCUT2D eigenvalue weighted by molar-refractivity contribution is 0.102. The number of amides is 1. The smallest absolute Gasteiger partial charge is 0.267 e. The van der Waals surface area contributed by atoms with Gasteiger partial charge in [0.15, 0.2) is 5.82 Å². The standard InChI is InChI=1S/C14H17N3O5S2/c1-9-5-13(17-22-9)16-14(18)12-6-11(8-23-12)24(19,20)15-7-10-3-2-4-21-10/h5-6,8,10,15H,2-4,7H2,1H3,(H,16,17,18)/t10-/m1/s1. The molecule has 0 bridgehead atoms. The van der Waals surface area contributed by atoms with Crippen LogP contribution in [0.1, 0.15) is 28.3 Å². The summed E-state index contributed by atoms with van der Waals surface area (Å²) in [6.45, 7) is 2.60. The summed E-state index contributed by atoms with van der Waals surface area (Å²) in [5.41, 5.74) is 0. The molecule has 2 aromatic heterocycles. The van der Waals surface area contributed by atoms with E-state index in [1.54, 1.807) is 13.0 Å². The highest BCUT2D eigenvalue weighted by Gasteiger charge is 2.22. The first-order valence-electron chi connectivity index (χ1n) is 7.38. The molecule has 1 aliphatic rings. The predicted octanol–water partition coefficient (Wildman–Crippen LogP) is 1.75. The summed E-state index contributed by atoms with van der Waals surface area (Å²) in [6, 6.07) is 2.91. The highest BCUT2D eigenvalue weighted by molar-refractivity contribution is 7.89. The second-order valence-electron chi connectivity index (χ2n) is 5.41. The van der Waals surface area contributed by atoms with Crippen molar-refractivity contribution in [2.75, 3.05) is 18.5 Å². The Hall–Kier alpha value is -1.75. The summed E-state index contributed by atoms with van der Waals surface area (Å²) in [4.78, 5) is 12.4. The molecule has 130 valence electrons. The molecular formula is C14H17N3O5S2. The van der Waals surface area contributed by atoms with Crippen LogP contribution in [0.15, 0.2) is 26.9 Å². The summed E-state index contributed by atoms with van der Waals surface area (Å²) in [6.07, 6.45) is 1.70. The Morgan fingerprint density at radius 2 is 2.29 bits per heavy atom. The van der Waals surface area contributed by atoms with Crippen molar-refractivity contribution in [3.8, 4) is 0 Å². The minimum Gasteiger partial charge on any atom is -0.377 e. The molecule has 2 N–H and O–H groups in total. The molecule has 2 aromatic rings. The third-order valence-electron chi connectivity index (χ3n) is 3.50. The van der Waals surface area contributed by atoms with E-state index in [2.05, 4.69) is 15.2 Å². The quantitative estimate of drug-likeness (QED) is 0.800. The fourth-order valence-corrected chi connectivity index (χ4v) is 4.51. The predicted molar refractivity (Wildman–Crippen MR) is 87.7 cm³/mol. The molecular weight excluding hydrogens is 354 g/mol. The van der Waals surface area contributed by atoms with E-state index in [1.807, 2.05) is 0 Å². The van der Waals surface area contributed by atoms with Crippen LogP contribution in [0.25, 0.3) is 0 Å². The van der Waals surface area contributed by atoms with Crippen LogP contribution in [0.5, 0.6) is 0 Å². The van der Waals surface area contributed by atoms with Crippen molar-refractivity contribution in [1.82, 2.24) is 9.88 Å². The number of sulfonamides is 1. The van der Waals surface area contributed by atoms with Crippen LogP contribution in [-0.2, 0) is 14.8 Å². The molecule has 10 heteroatoms. The van der Waals surface area contributed by atoms with Gasteiger partial charge in [0.25, 0.3) is 5.91 Å². The van der Waals surface area contributed by atoms with Gasteiger partial charge in [-0.2, -0.15) is 0 Å². The molecule has 0 saturated carbocycles. The molecule has 1 saturated heterocycles. The second-order valence-corrected chi connectivity index (χ2v) is 8.09. The van der Waals surface area contributed by atoms with Gasteiger partial charge in [-0.25, -0.2) is 13.1 Å². The number of carbonyl (C=O) groups is 1. The minimum absolute atomic E-state index is 0.0620. The number of carbonyl (C=O) groups excluding carboxylic acids is 1. The van der Waals surface area contributed by atoms with E-state index in [0.717, 1.165) is 24.2 Å². The first-order valence-corrected chi connectivity index (χ1v) is 9.75. The highest BCUT2D eigenvalue weighted by atomic mass is 32.2. The zero-order chi connectivity index (χ0) is 17.2. The maximum atomic E-state index is 12.3. The van der Waals surface area contributed by atoms with Crippen LogP contribution < -0.4 is 10.0 Å². The van der Waals surface area contributed by atoms with Gasteiger partial charge in [-0.05, 0) is 25.8 Å². The maximum absolute atomic E-state index is 12.3. The highest BCUT2D eigenvalue weighted by Crippen LogP contribution is 2.21. The van der Waals surface area contributed by atoms with E-state index >= 15 is 0 Å². The number of hydrogen-bond acceptors (Lipinski definition) is 7. The van der Waals surface area contributed by atoms with Gasteiger partial charge >= 0.3 is 0 Å². The summed E-state index contributed by atoms with van der Waals surface area (Å²) in [5, 5.41) is 7.65. The number of thiophene rings is 1. The Bertz CT molecular complexity index is 821.